The molecule has 11 heteroatoms. The molecular formula is C26H30F3N5O3. The molecule has 198 valence electrons. The number of hydrogen-bond acceptors (Lipinski definition) is 7. The summed E-state index contributed by atoms with van der Waals surface area (Å²) in [4.78, 5) is 16.8. The number of alkyl halides is 2. The number of phenolic OH excluding ortho intramolecular Hbond substituents is 1. The third-order valence-corrected chi connectivity index (χ3v) is 6.65. The van der Waals surface area contributed by atoms with E-state index in [4.69, 9.17) is 4.74 Å². The Morgan fingerprint density at radius 3 is 2.62 bits per heavy atom. The summed E-state index contributed by atoms with van der Waals surface area (Å²) < 4.78 is 46.0. The topological polar surface area (TPSA) is 90.8 Å². The number of carbonyl (C=O) groups is 1. The van der Waals surface area contributed by atoms with Gasteiger partial charge in [0.15, 0.2) is 0 Å². The second-order valence-corrected chi connectivity index (χ2v) is 8.99. The van der Waals surface area contributed by atoms with Crippen molar-refractivity contribution in [2.75, 3.05) is 50.1 Å². The lowest BCUT2D eigenvalue weighted by atomic mass is 10.1. The molecule has 37 heavy (non-hydrogen) atoms. The van der Waals surface area contributed by atoms with Crippen molar-refractivity contribution in [3.05, 3.63) is 53.5 Å². The van der Waals surface area contributed by atoms with Gasteiger partial charge in [0.1, 0.15) is 11.6 Å². The third-order valence-electron chi connectivity index (χ3n) is 6.65. The molecule has 0 radical (unpaired) electrons. The number of benzene rings is 2. The van der Waals surface area contributed by atoms with Gasteiger partial charge in [0.2, 0.25) is 5.91 Å². The fourth-order valence-corrected chi connectivity index (χ4v) is 4.56. The number of amides is 1. The molecule has 0 saturated carbocycles. The number of halogens is 3. The van der Waals surface area contributed by atoms with Gasteiger partial charge in [-0.2, -0.15) is 10.2 Å². The van der Waals surface area contributed by atoms with Crippen LogP contribution in [-0.2, 0) is 16.1 Å². The molecule has 1 fully saturated rings. The highest BCUT2D eigenvalue weighted by Gasteiger charge is 2.27. The Bertz CT molecular complexity index is 1250. The molecule has 1 amide bonds. The highest BCUT2D eigenvalue weighted by atomic mass is 19.3. The van der Waals surface area contributed by atoms with E-state index in [1.54, 1.807) is 7.11 Å². The van der Waals surface area contributed by atoms with Crippen LogP contribution in [0.25, 0.3) is 10.9 Å². The first-order valence-electron chi connectivity index (χ1n) is 12.1. The number of nitrogens with zero attached hydrogens (tertiary/aromatic N) is 4. The number of carbonyl (C=O) groups excluding carboxylic acids is 1. The zero-order valence-corrected chi connectivity index (χ0v) is 20.8. The van der Waals surface area contributed by atoms with Gasteiger partial charge >= 0.3 is 0 Å². The Hall–Kier alpha value is -3.60. The van der Waals surface area contributed by atoms with Crippen LogP contribution in [0.2, 0.25) is 0 Å². The van der Waals surface area contributed by atoms with Crippen LogP contribution in [-0.4, -0.2) is 66.0 Å². The molecule has 8 nitrogen and oxygen atoms in total. The maximum atomic E-state index is 14.5. The zero-order chi connectivity index (χ0) is 26.5. The van der Waals surface area contributed by atoms with Crippen molar-refractivity contribution in [2.45, 2.75) is 26.3 Å². The van der Waals surface area contributed by atoms with Crippen molar-refractivity contribution in [1.29, 1.82) is 0 Å². The highest BCUT2D eigenvalue weighted by Crippen LogP contribution is 2.31. The molecule has 1 aromatic heterocycles. The van der Waals surface area contributed by atoms with Crippen molar-refractivity contribution in [2.24, 2.45) is 5.92 Å². The summed E-state index contributed by atoms with van der Waals surface area (Å²) in [6.45, 7) is 4.77. The van der Waals surface area contributed by atoms with E-state index >= 15 is 0 Å². The van der Waals surface area contributed by atoms with Gasteiger partial charge in [-0.25, -0.2) is 13.2 Å². The fraction of sp³-hybridized carbons (Fsp3) is 0.423. The van der Waals surface area contributed by atoms with E-state index in [0.29, 0.717) is 44.0 Å². The molecule has 1 aliphatic heterocycles. The molecule has 0 bridgehead atoms. The minimum Gasteiger partial charge on any atom is -0.508 e. The molecule has 1 unspecified atom stereocenters. The molecule has 1 saturated heterocycles. The van der Waals surface area contributed by atoms with Crippen molar-refractivity contribution < 1.29 is 27.8 Å². The van der Waals surface area contributed by atoms with Crippen LogP contribution in [0.1, 0.15) is 30.9 Å². The molecule has 3 aromatic rings. The second kappa shape index (κ2) is 11.6. The van der Waals surface area contributed by atoms with Crippen LogP contribution in [0.4, 0.5) is 24.5 Å². The summed E-state index contributed by atoms with van der Waals surface area (Å²) in [5.74, 6) is -1.52. The number of aromatic hydroxyl groups is 1. The van der Waals surface area contributed by atoms with Crippen LogP contribution in [0.3, 0.4) is 0 Å². The van der Waals surface area contributed by atoms with Gasteiger partial charge in [-0.3, -0.25) is 4.79 Å². The SMILES string of the molecule is CCC(COC)C(=O)N1CCN(c2ccc3nncc(NCc4cc(O)cc(C(F)F)c4F)c3c2)CC1. The summed E-state index contributed by atoms with van der Waals surface area (Å²) in [6.07, 6.45) is -0.831. The third kappa shape index (κ3) is 5.87. The maximum absolute atomic E-state index is 14.5. The average Bonchev–Trinajstić information content (AvgIpc) is 2.91. The number of methoxy groups -OCH3 is 1. The summed E-state index contributed by atoms with van der Waals surface area (Å²) >= 11 is 0. The van der Waals surface area contributed by atoms with E-state index in [1.807, 2.05) is 30.0 Å². The smallest absolute Gasteiger partial charge is 0.266 e. The lowest BCUT2D eigenvalue weighted by Gasteiger charge is -2.37. The van der Waals surface area contributed by atoms with E-state index in [9.17, 15) is 23.1 Å². The highest BCUT2D eigenvalue weighted by molar-refractivity contribution is 5.93. The second-order valence-electron chi connectivity index (χ2n) is 8.99. The average molecular weight is 518 g/mol. The predicted molar refractivity (Wildman–Crippen MR) is 134 cm³/mol. The van der Waals surface area contributed by atoms with Crippen LogP contribution in [0, 0.1) is 11.7 Å². The lowest BCUT2D eigenvalue weighted by molar-refractivity contribution is -0.137. The van der Waals surface area contributed by atoms with Crippen molar-refractivity contribution >= 4 is 28.2 Å². The van der Waals surface area contributed by atoms with Gasteiger partial charge in [0, 0.05) is 56.5 Å². The number of ether oxygens (including phenoxy) is 1. The first-order chi connectivity index (χ1) is 17.8. The van der Waals surface area contributed by atoms with Crippen LogP contribution < -0.4 is 10.2 Å². The number of anilines is 2. The molecule has 0 aliphatic carbocycles. The van der Waals surface area contributed by atoms with E-state index in [-0.39, 0.29) is 23.9 Å². The largest absolute Gasteiger partial charge is 0.508 e. The van der Waals surface area contributed by atoms with Crippen molar-refractivity contribution in [1.82, 2.24) is 15.1 Å². The van der Waals surface area contributed by atoms with Gasteiger partial charge in [0.25, 0.3) is 6.43 Å². The Morgan fingerprint density at radius 1 is 1.19 bits per heavy atom. The molecule has 1 atom stereocenters. The minimum atomic E-state index is -3.04. The molecule has 1 aliphatic rings. The van der Waals surface area contributed by atoms with E-state index in [2.05, 4.69) is 20.4 Å². The number of rotatable bonds is 9. The first kappa shape index (κ1) is 26.5. The summed E-state index contributed by atoms with van der Waals surface area (Å²) in [7, 11) is 1.60. The Labute approximate surface area is 213 Å². The van der Waals surface area contributed by atoms with E-state index in [1.165, 1.54) is 6.20 Å². The summed E-state index contributed by atoms with van der Waals surface area (Å²) in [5.41, 5.74) is 1.16. The first-order valence-corrected chi connectivity index (χ1v) is 12.1. The van der Waals surface area contributed by atoms with E-state index < -0.39 is 23.6 Å². The Balaban J connectivity index is 1.49. The standard InChI is InChI=1S/C26H30F3N5O3/c1-3-16(15-37-2)26(36)34-8-6-33(7-9-34)18-4-5-22-20(11-18)23(14-31-32-22)30-13-17-10-19(35)12-21(24(17)27)25(28)29/h4-5,10-12,14,16,25,35H,3,6-9,13,15H2,1-2H3,(H,30,32). The van der Waals surface area contributed by atoms with Crippen molar-refractivity contribution in [3.63, 3.8) is 0 Å². The summed E-state index contributed by atoms with van der Waals surface area (Å²) in [6, 6.07) is 7.55. The molecule has 4 rings (SSSR count). The quantitative estimate of drug-likeness (QED) is 0.436. The van der Waals surface area contributed by atoms with Crippen LogP contribution >= 0.6 is 0 Å². The molecular weight excluding hydrogens is 487 g/mol. The number of fused-ring (bicyclic) bond motifs is 1. The number of hydrogen-bond donors (Lipinski definition) is 2. The van der Waals surface area contributed by atoms with Crippen LogP contribution in [0.15, 0.2) is 36.5 Å². The lowest BCUT2D eigenvalue weighted by Crippen LogP contribution is -2.50. The minimum absolute atomic E-state index is 0.0870. The fourth-order valence-electron chi connectivity index (χ4n) is 4.56. The number of phenols is 1. The molecule has 0 spiro atoms. The monoisotopic (exact) mass is 517 g/mol. The number of nitrogens with one attached hydrogen (secondary N) is 1. The zero-order valence-electron chi connectivity index (χ0n) is 20.8. The van der Waals surface area contributed by atoms with Gasteiger partial charge in [-0.05, 0) is 36.8 Å². The van der Waals surface area contributed by atoms with Crippen molar-refractivity contribution in [3.8, 4) is 5.75 Å². The van der Waals surface area contributed by atoms with Gasteiger partial charge in [0.05, 0.1) is 35.5 Å². The summed E-state index contributed by atoms with van der Waals surface area (Å²) in [5, 5.41) is 21.6. The number of piperazine rings is 1. The van der Waals surface area contributed by atoms with Gasteiger partial charge in [-0.1, -0.05) is 6.92 Å². The molecule has 2 aromatic carbocycles. The molecule has 2 N–H and O–H groups in total. The van der Waals surface area contributed by atoms with Gasteiger partial charge < -0.3 is 25.0 Å². The van der Waals surface area contributed by atoms with E-state index in [0.717, 1.165) is 29.6 Å². The molecule has 2 heterocycles. The van der Waals surface area contributed by atoms with Crippen LogP contribution in [0.5, 0.6) is 5.75 Å². The maximum Gasteiger partial charge on any atom is 0.266 e. The Morgan fingerprint density at radius 2 is 1.95 bits per heavy atom. The number of aromatic nitrogens is 2. The van der Waals surface area contributed by atoms with Gasteiger partial charge in [-0.15, -0.1) is 0 Å². The normalized spacial score (nSPS) is 14.9. The predicted octanol–water partition coefficient (Wildman–Crippen LogP) is 4.35. The Kier molecular flexibility index (Phi) is 8.32.